The normalized spacial score (nSPS) is 10.2. The highest BCUT2D eigenvalue weighted by atomic mass is 32.2. The van der Waals surface area contributed by atoms with E-state index in [1.807, 2.05) is 6.26 Å². The molecule has 0 atom stereocenters. The van der Waals surface area contributed by atoms with Gasteiger partial charge in [-0.2, -0.15) is 11.8 Å². The van der Waals surface area contributed by atoms with Crippen molar-refractivity contribution in [2.75, 3.05) is 24.9 Å². The van der Waals surface area contributed by atoms with Crippen LogP contribution in [-0.2, 0) is 16.0 Å². The Labute approximate surface area is 108 Å². The van der Waals surface area contributed by atoms with Gasteiger partial charge in [-0.3, -0.25) is 9.59 Å². The second-order valence-electron chi connectivity index (χ2n) is 3.14. The van der Waals surface area contributed by atoms with Crippen LogP contribution in [-0.4, -0.2) is 40.8 Å². The number of carbonyl (C=O) groups is 1. The summed E-state index contributed by atoms with van der Waals surface area (Å²) in [5.41, 5.74) is 0.192. The molecule has 0 aliphatic carbocycles. The van der Waals surface area contributed by atoms with Gasteiger partial charge in [-0.15, -0.1) is 0 Å². The predicted molar refractivity (Wildman–Crippen MR) is 69.7 cm³/mol. The summed E-state index contributed by atoms with van der Waals surface area (Å²) in [5.74, 6) is 1.45. The minimum atomic E-state index is -0.400. The van der Waals surface area contributed by atoms with Gasteiger partial charge in [0, 0.05) is 17.6 Å². The highest BCUT2D eigenvalue weighted by Gasteiger charge is 2.07. The van der Waals surface area contributed by atoms with Gasteiger partial charge in [0.05, 0.1) is 19.2 Å². The average molecular weight is 274 g/mol. The summed E-state index contributed by atoms with van der Waals surface area (Å²) in [6.45, 7) is 0. The van der Waals surface area contributed by atoms with E-state index in [1.54, 1.807) is 11.8 Å². The second kappa shape index (κ2) is 7.39. The summed E-state index contributed by atoms with van der Waals surface area (Å²) in [4.78, 5) is 29.3. The smallest absolute Gasteiger partial charge is 0.311 e. The maximum Gasteiger partial charge on any atom is 0.311 e. The molecule has 0 aliphatic rings. The molecule has 0 aromatic carbocycles. The number of ether oxygens (including phenoxy) is 1. The Kier molecular flexibility index (Phi) is 6.13. The zero-order valence-electron chi connectivity index (χ0n) is 9.69. The molecule has 1 N–H and O–H groups in total. The number of nitrogens with zero attached hydrogens (tertiary/aromatic N) is 1. The van der Waals surface area contributed by atoms with Crippen LogP contribution in [0.3, 0.4) is 0 Å². The van der Waals surface area contributed by atoms with E-state index in [0.29, 0.717) is 10.9 Å². The van der Waals surface area contributed by atoms with Gasteiger partial charge in [0.15, 0.2) is 5.16 Å². The standard InChI is InChI=1S/C10H14N2O3S2/c1-15-9(14)6-7-5-8(13)12-10(11-7)17-4-3-16-2/h5H,3-4,6H2,1-2H3,(H,11,12,13). The zero-order chi connectivity index (χ0) is 12.7. The number of esters is 1. The molecule has 0 amide bonds. The third-order valence-electron chi connectivity index (χ3n) is 1.85. The lowest BCUT2D eigenvalue weighted by Gasteiger charge is -2.02. The highest BCUT2D eigenvalue weighted by Crippen LogP contribution is 2.12. The van der Waals surface area contributed by atoms with Crippen molar-refractivity contribution < 1.29 is 9.53 Å². The van der Waals surface area contributed by atoms with E-state index in [0.717, 1.165) is 11.5 Å². The number of thioether (sulfide) groups is 2. The predicted octanol–water partition coefficient (Wildman–Crippen LogP) is 0.940. The molecule has 0 fully saturated rings. The highest BCUT2D eigenvalue weighted by molar-refractivity contribution is 8.02. The number of aromatic amines is 1. The SMILES string of the molecule is COC(=O)Cc1cc(=O)[nH]c(SCCSC)n1. The summed E-state index contributed by atoms with van der Waals surface area (Å²) < 4.78 is 4.53. The molecule has 0 bridgehead atoms. The van der Waals surface area contributed by atoms with Crippen LogP contribution in [0.15, 0.2) is 16.0 Å². The first-order valence-corrected chi connectivity index (χ1v) is 7.32. The molecule has 1 heterocycles. The van der Waals surface area contributed by atoms with Gasteiger partial charge in [-0.25, -0.2) is 4.98 Å². The topological polar surface area (TPSA) is 72.1 Å². The lowest BCUT2D eigenvalue weighted by molar-refractivity contribution is -0.139. The molecule has 0 unspecified atom stereocenters. The minimum Gasteiger partial charge on any atom is -0.469 e. The van der Waals surface area contributed by atoms with Crippen molar-refractivity contribution in [2.24, 2.45) is 0 Å². The fraction of sp³-hybridized carbons (Fsp3) is 0.500. The molecule has 5 nitrogen and oxygen atoms in total. The number of carbonyl (C=O) groups excluding carboxylic acids is 1. The van der Waals surface area contributed by atoms with Crippen LogP contribution in [0.2, 0.25) is 0 Å². The summed E-state index contributed by atoms with van der Waals surface area (Å²) in [7, 11) is 1.31. The van der Waals surface area contributed by atoms with Crippen LogP contribution < -0.4 is 5.56 Å². The van der Waals surface area contributed by atoms with Gasteiger partial charge in [-0.1, -0.05) is 11.8 Å². The first kappa shape index (κ1) is 14.1. The van der Waals surface area contributed by atoms with Gasteiger partial charge in [0.2, 0.25) is 0 Å². The molecule has 17 heavy (non-hydrogen) atoms. The Hall–Kier alpha value is -0.950. The summed E-state index contributed by atoms with van der Waals surface area (Å²) in [6.07, 6.45) is 2.04. The van der Waals surface area contributed by atoms with E-state index in [1.165, 1.54) is 24.9 Å². The van der Waals surface area contributed by atoms with Crippen molar-refractivity contribution in [1.82, 2.24) is 9.97 Å². The Morgan fingerprint density at radius 3 is 2.94 bits per heavy atom. The number of aromatic nitrogens is 2. The number of H-pyrrole nitrogens is 1. The number of hydrogen-bond donors (Lipinski definition) is 1. The van der Waals surface area contributed by atoms with Crippen molar-refractivity contribution in [3.05, 3.63) is 22.1 Å². The number of methoxy groups -OCH3 is 1. The van der Waals surface area contributed by atoms with Crippen LogP contribution in [0, 0.1) is 0 Å². The van der Waals surface area contributed by atoms with Gasteiger partial charge in [-0.05, 0) is 6.26 Å². The van der Waals surface area contributed by atoms with Crippen molar-refractivity contribution >= 4 is 29.5 Å². The Balaban J connectivity index is 2.72. The monoisotopic (exact) mass is 274 g/mol. The number of nitrogens with one attached hydrogen (secondary N) is 1. The van der Waals surface area contributed by atoms with E-state index in [4.69, 9.17) is 0 Å². The first-order chi connectivity index (χ1) is 8.15. The number of hydrogen-bond acceptors (Lipinski definition) is 6. The molecule has 1 aromatic rings. The zero-order valence-corrected chi connectivity index (χ0v) is 11.3. The largest absolute Gasteiger partial charge is 0.469 e. The third kappa shape index (κ3) is 5.27. The fourth-order valence-electron chi connectivity index (χ4n) is 1.08. The number of rotatable bonds is 6. The molecule has 0 saturated heterocycles. The molecule has 94 valence electrons. The maximum atomic E-state index is 11.3. The maximum absolute atomic E-state index is 11.3. The molecular formula is C10H14N2O3S2. The van der Waals surface area contributed by atoms with Crippen molar-refractivity contribution in [3.8, 4) is 0 Å². The molecule has 7 heteroatoms. The Morgan fingerprint density at radius 1 is 1.53 bits per heavy atom. The fourth-order valence-corrected chi connectivity index (χ4v) is 2.63. The third-order valence-corrected chi connectivity index (χ3v) is 3.60. The second-order valence-corrected chi connectivity index (χ2v) is 5.21. The molecule has 0 aliphatic heterocycles. The molecule has 1 rings (SSSR count). The van der Waals surface area contributed by atoms with Gasteiger partial charge in [0.25, 0.3) is 5.56 Å². The van der Waals surface area contributed by atoms with Gasteiger partial charge < -0.3 is 9.72 Å². The summed E-state index contributed by atoms with van der Waals surface area (Å²) in [6, 6.07) is 1.32. The summed E-state index contributed by atoms with van der Waals surface area (Å²) in [5, 5.41) is 0.547. The molecule has 1 aromatic heterocycles. The van der Waals surface area contributed by atoms with Crippen LogP contribution in [0.1, 0.15) is 5.69 Å². The van der Waals surface area contributed by atoms with Gasteiger partial charge in [0.1, 0.15) is 0 Å². The van der Waals surface area contributed by atoms with Crippen molar-refractivity contribution in [3.63, 3.8) is 0 Å². The van der Waals surface area contributed by atoms with Gasteiger partial charge >= 0.3 is 5.97 Å². The lowest BCUT2D eigenvalue weighted by Crippen LogP contribution is -2.14. The van der Waals surface area contributed by atoms with Crippen LogP contribution in [0.25, 0.3) is 0 Å². The van der Waals surface area contributed by atoms with E-state index in [-0.39, 0.29) is 12.0 Å². The van der Waals surface area contributed by atoms with Crippen molar-refractivity contribution in [2.45, 2.75) is 11.6 Å². The Bertz CT molecular complexity index is 434. The van der Waals surface area contributed by atoms with E-state index in [2.05, 4.69) is 14.7 Å². The molecule has 0 saturated carbocycles. The van der Waals surface area contributed by atoms with Crippen LogP contribution in [0.5, 0.6) is 0 Å². The minimum absolute atomic E-state index is 0.0243. The van der Waals surface area contributed by atoms with E-state index < -0.39 is 5.97 Å². The summed E-state index contributed by atoms with van der Waals surface area (Å²) >= 11 is 3.20. The molecular weight excluding hydrogens is 260 g/mol. The quantitative estimate of drug-likeness (QED) is 0.360. The average Bonchev–Trinajstić information content (AvgIpc) is 2.28. The first-order valence-electron chi connectivity index (χ1n) is 4.94. The van der Waals surface area contributed by atoms with Crippen LogP contribution in [0.4, 0.5) is 0 Å². The Morgan fingerprint density at radius 2 is 2.29 bits per heavy atom. The van der Waals surface area contributed by atoms with E-state index in [9.17, 15) is 9.59 Å². The lowest BCUT2D eigenvalue weighted by atomic mass is 10.3. The van der Waals surface area contributed by atoms with Crippen molar-refractivity contribution in [1.29, 1.82) is 0 Å². The van der Waals surface area contributed by atoms with E-state index >= 15 is 0 Å². The molecule has 0 spiro atoms. The van der Waals surface area contributed by atoms with Crippen LogP contribution >= 0.6 is 23.5 Å². The molecule has 0 radical (unpaired) electrons.